The first-order chi connectivity index (χ1) is 21.5. The minimum atomic E-state index is -4.58. The number of nitrogens with zero attached hydrogens (tertiary/aromatic N) is 1. The van der Waals surface area contributed by atoms with E-state index in [-0.39, 0.29) is 12.5 Å². The number of quaternary nitrogens is 1. The van der Waals surface area contributed by atoms with Gasteiger partial charge >= 0.3 is 0 Å². The summed E-state index contributed by atoms with van der Waals surface area (Å²) in [7, 11) is 1.23. The van der Waals surface area contributed by atoms with E-state index in [1.807, 2.05) is 27.2 Å². The van der Waals surface area contributed by atoms with Gasteiger partial charge < -0.3 is 28.8 Å². The highest BCUT2D eigenvalue weighted by molar-refractivity contribution is 7.45. The first-order valence-electron chi connectivity index (χ1n) is 17.9. The summed E-state index contributed by atoms with van der Waals surface area (Å²) in [6.07, 6.45) is 31.9. The molecule has 0 rings (SSSR count). The molecule has 0 aromatic rings. The van der Waals surface area contributed by atoms with Crippen LogP contribution in [0.3, 0.4) is 0 Å². The number of carbonyl (C=O) groups is 1. The van der Waals surface area contributed by atoms with E-state index in [4.69, 9.17) is 9.05 Å². The molecule has 8 nitrogen and oxygen atoms in total. The molecular weight excluding hydrogens is 587 g/mol. The minimum absolute atomic E-state index is 0.00867. The Morgan fingerprint density at radius 3 is 1.89 bits per heavy atom. The summed E-state index contributed by atoms with van der Waals surface area (Å²) in [5, 5.41) is 13.6. The molecule has 0 aliphatic carbocycles. The molecule has 1 amide bonds. The number of amides is 1. The van der Waals surface area contributed by atoms with E-state index in [0.717, 1.165) is 64.2 Å². The highest BCUT2D eigenvalue weighted by atomic mass is 31.2. The van der Waals surface area contributed by atoms with Gasteiger partial charge in [-0.25, -0.2) is 0 Å². The molecule has 3 atom stereocenters. The fourth-order valence-electron chi connectivity index (χ4n) is 4.64. The van der Waals surface area contributed by atoms with Crippen molar-refractivity contribution in [2.45, 2.75) is 148 Å². The van der Waals surface area contributed by atoms with Crippen LogP contribution in [-0.2, 0) is 18.4 Å². The first-order valence-corrected chi connectivity index (χ1v) is 19.3. The van der Waals surface area contributed by atoms with Crippen molar-refractivity contribution in [3.8, 4) is 0 Å². The lowest BCUT2D eigenvalue weighted by molar-refractivity contribution is -0.870. The molecular formula is C36H69N2O6P. The number of aliphatic hydroxyl groups is 1. The van der Waals surface area contributed by atoms with Gasteiger partial charge in [0.05, 0.1) is 39.9 Å². The number of aliphatic hydroxyl groups excluding tert-OH is 1. The van der Waals surface area contributed by atoms with Crippen LogP contribution in [0, 0.1) is 0 Å². The number of nitrogens with one attached hydrogen (secondary N) is 1. The number of carbonyl (C=O) groups excluding carboxylic acids is 1. The van der Waals surface area contributed by atoms with Crippen LogP contribution in [0.4, 0.5) is 0 Å². The Hall–Kier alpha value is -1.28. The average molecular weight is 657 g/mol. The van der Waals surface area contributed by atoms with Crippen molar-refractivity contribution in [1.29, 1.82) is 0 Å². The third-order valence-corrected chi connectivity index (χ3v) is 8.52. The zero-order chi connectivity index (χ0) is 33.7. The van der Waals surface area contributed by atoms with Crippen molar-refractivity contribution in [3.63, 3.8) is 0 Å². The van der Waals surface area contributed by atoms with Gasteiger partial charge in [-0.2, -0.15) is 0 Å². The molecule has 0 saturated carbocycles. The number of phosphoric ester groups is 1. The van der Waals surface area contributed by atoms with Crippen molar-refractivity contribution in [1.82, 2.24) is 5.32 Å². The van der Waals surface area contributed by atoms with Gasteiger partial charge in [0.2, 0.25) is 5.91 Å². The van der Waals surface area contributed by atoms with Crippen LogP contribution in [0.25, 0.3) is 0 Å². The maximum Gasteiger partial charge on any atom is 0.268 e. The lowest BCUT2D eigenvalue weighted by Gasteiger charge is -2.29. The molecule has 9 heteroatoms. The first kappa shape index (κ1) is 43.7. The Morgan fingerprint density at radius 1 is 0.756 bits per heavy atom. The summed E-state index contributed by atoms with van der Waals surface area (Å²) in [6, 6.07) is -0.902. The Bertz CT molecular complexity index is 840. The smallest absolute Gasteiger partial charge is 0.268 e. The van der Waals surface area contributed by atoms with Crippen LogP contribution in [0.15, 0.2) is 36.5 Å². The van der Waals surface area contributed by atoms with Gasteiger partial charge in [0, 0.05) is 6.42 Å². The molecule has 0 aliphatic heterocycles. The summed E-state index contributed by atoms with van der Waals surface area (Å²) in [4.78, 5) is 25.0. The fraction of sp³-hybridized carbons (Fsp3) is 0.806. The van der Waals surface area contributed by atoms with Crippen LogP contribution in [-0.4, -0.2) is 68.5 Å². The molecule has 0 aliphatic rings. The number of allylic oxidation sites excluding steroid dienone is 5. The topological polar surface area (TPSA) is 108 Å². The van der Waals surface area contributed by atoms with Crippen molar-refractivity contribution >= 4 is 13.7 Å². The Kier molecular flexibility index (Phi) is 28.1. The highest BCUT2D eigenvalue weighted by Crippen LogP contribution is 2.38. The maximum absolute atomic E-state index is 12.7. The normalized spacial score (nSPS) is 15.3. The quantitative estimate of drug-likeness (QED) is 0.0337. The summed E-state index contributed by atoms with van der Waals surface area (Å²) < 4.78 is 23.0. The van der Waals surface area contributed by atoms with E-state index in [0.29, 0.717) is 17.4 Å². The van der Waals surface area contributed by atoms with Crippen LogP contribution in [0.5, 0.6) is 0 Å². The third-order valence-electron chi connectivity index (χ3n) is 7.55. The summed E-state index contributed by atoms with van der Waals surface area (Å²) >= 11 is 0. The van der Waals surface area contributed by atoms with Crippen molar-refractivity contribution in [3.05, 3.63) is 36.5 Å². The molecule has 0 aromatic heterocycles. The molecule has 0 radical (unpaired) electrons. The zero-order valence-electron chi connectivity index (χ0n) is 29.6. The van der Waals surface area contributed by atoms with Gasteiger partial charge in [-0.15, -0.1) is 0 Å². The lowest BCUT2D eigenvalue weighted by atomic mass is 10.1. The molecule has 0 bridgehead atoms. The van der Waals surface area contributed by atoms with Crippen LogP contribution >= 0.6 is 7.82 Å². The number of unbranched alkanes of at least 4 members (excludes halogenated alkanes) is 14. The van der Waals surface area contributed by atoms with E-state index in [9.17, 15) is 19.4 Å². The van der Waals surface area contributed by atoms with Crippen molar-refractivity contribution < 1.29 is 32.9 Å². The molecule has 0 aromatic carbocycles. The minimum Gasteiger partial charge on any atom is -0.756 e. The fourth-order valence-corrected chi connectivity index (χ4v) is 5.36. The standard InChI is InChI=1S/C36H69N2O6P/c1-6-8-10-12-14-16-18-19-20-21-23-25-27-29-35(39)34(33-44-45(41,42)43-32-31-38(3,4)5)37-36(40)30-28-26-24-22-17-15-13-11-9-7-2/h11,13,20-21,27,29,34-35,39H,6-10,12,14-19,22-26,28,30-33H2,1-5H3,(H-,37,40,41,42)/b13-11-,21-20+,29-27+. The zero-order valence-corrected chi connectivity index (χ0v) is 30.5. The molecule has 3 unspecified atom stereocenters. The maximum atomic E-state index is 12.7. The van der Waals surface area contributed by atoms with E-state index in [1.54, 1.807) is 6.08 Å². The summed E-state index contributed by atoms with van der Waals surface area (Å²) in [6.45, 7) is 4.50. The molecule has 0 heterocycles. The molecule has 0 spiro atoms. The van der Waals surface area contributed by atoms with Gasteiger partial charge in [-0.1, -0.05) is 115 Å². The molecule has 45 heavy (non-hydrogen) atoms. The van der Waals surface area contributed by atoms with Gasteiger partial charge in [0.25, 0.3) is 7.82 Å². The molecule has 2 N–H and O–H groups in total. The van der Waals surface area contributed by atoms with E-state index >= 15 is 0 Å². The second-order valence-corrected chi connectivity index (χ2v) is 14.6. The lowest BCUT2D eigenvalue weighted by Crippen LogP contribution is -2.45. The van der Waals surface area contributed by atoms with Crippen molar-refractivity contribution in [2.75, 3.05) is 40.9 Å². The molecule has 264 valence electrons. The summed E-state index contributed by atoms with van der Waals surface area (Å²) in [5.41, 5.74) is 0. The number of hydrogen-bond acceptors (Lipinski definition) is 6. The SMILES string of the molecule is CCC/C=C\CCCCCCCC(=O)NC(COP(=O)([O-])OCC[N+](C)(C)C)C(O)/C=C/CC/C=C/CCCCCCCCC. The number of phosphoric acid groups is 1. The van der Waals surface area contributed by atoms with Gasteiger partial charge in [0.15, 0.2) is 0 Å². The number of rotatable bonds is 31. The Labute approximate surface area is 276 Å². The van der Waals surface area contributed by atoms with Crippen LogP contribution in [0.1, 0.15) is 136 Å². The van der Waals surface area contributed by atoms with E-state index < -0.39 is 26.6 Å². The Morgan fingerprint density at radius 2 is 1.29 bits per heavy atom. The van der Waals surface area contributed by atoms with Crippen molar-refractivity contribution in [2.24, 2.45) is 0 Å². The molecule has 0 fully saturated rings. The van der Waals surface area contributed by atoms with E-state index in [2.05, 4.69) is 43.5 Å². The summed E-state index contributed by atoms with van der Waals surface area (Å²) in [5.74, 6) is -0.224. The predicted molar refractivity (Wildman–Crippen MR) is 187 cm³/mol. The largest absolute Gasteiger partial charge is 0.756 e. The van der Waals surface area contributed by atoms with Crippen LogP contribution in [0.2, 0.25) is 0 Å². The average Bonchev–Trinajstić information content (AvgIpc) is 2.97. The van der Waals surface area contributed by atoms with Gasteiger partial charge in [-0.3, -0.25) is 9.36 Å². The predicted octanol–water partition coefficient (Wildman–Crippen LogP) is 8.16. The second kappa shape index (κ2) is 28.9. The third kappa shape index (κ3) is 31.1. The van der Waals surface area contributed by atoms with Crippen LogP contribution < -0.4 is 10.2 Å². The Balaban J connectivity index is 4.67. The van der Waals surface area contributed by atoms with Gasteiger partial charge in [0.1, 0.15) is 13.2 Å². The number of hydrogen-bond donors (Lipinski definition) is 2. The monoisotopic (exact) mass is 656 g/mol. The highest BCUT2D eigenvalue weighted by Gasteiger charge is 2.23. The number of likely N-dealkylation sites (N-methyl/N-ethyl adjacent to an activating group) is 1. The second-order valence-electron chi connectivity index (χ2n) is 13.2. The molecule has 0 saturated heterocycles. The van der Waals surface area contributed by atoms with Gasteiger partial charge in [-0.05, 0) is 51.4 Å². The van der Waals surface area contributed by atoms with E-state index in [1.165, 1.54) is 51.4 Å².